The van der Waals surface area contributed by atoms with Gasteiger partial charge in [0.2, 0.25) is 0 Å². The minimum Gasteiger partial charge on any atom is -0.469 e. The zero-order chi connectivity index (χ0) is 18.2. The highest BCUT2D eigenvalue weighted by molar-refractivity contribution is 9.10. The Bertz CT molecular complexity index is 679. The topological polar surface area (TPSA) is 43.4 Å². The summed E-state index contributed by atoms with van der Waals surface area (Å²) in [4.78, 5) is 24.0. The van der Waals surface area contributed by atoms with Gasteiger partial charge in [-0.15, -0.1) is 0 Å². The lowest BCUT2D eigenvalue weighted by Gasteiger charge is -2.38. The van der Waals surface area contributed by atoms with Crippen LogP contribution in [0.1, 0.15) is 73.9 Å². The van der Waals surface area contributed by atoms with E-state index in [1.807, 2.05) is 19.9 Å². The molecule has 0 amide bonds. The Morgan fingerprint density at radius 2 is 1.92 bits per heavy atom. The van der Waals surface area contributed by atoms with E-state index in [9.17, 15) is 9.59 Å². The fourth-order valence-corrected chi connectivity index (χ4v) is 4.81. The maximum Gasteiger partial charge on any atom is 0.305 e. The normalized spacial score (nSPS) is 25.7. The van der Waals surface area contributed by atoms with Crippen molar-refractivity contribution in [1.29, 1.82) is 0 Å². The number of carbonyl (C=O) groups is 2. The maximum atomic E-state index is 12.5. The molecule has 2 aliphatic rings. The van der Waals surface area contributed by atoms with Gasteiger partial charge in [0.15, 0.2) is 5.78 Å². The number of hydrogen-bond acceptors (Lipinski definition) is 3. The van der Waals surface area contributed by atoms with Crippen LogP contribution in [0.2, 0.25) is 0 Å². The Morgan fingerprint density at radius 3 is 2.52 bits per heavy atom. The van der Waals surface area contributed by atoms with E-state index in [4.69, 9.17) is 4.74 Å². The van der Waals surface area contributed by atoms with E-state index >= 15 is 0 Å². The first-order valence-electron chi connectivity index (χ1n) is 9.19. The second kappa shape index (κ2) is 6.86. The van der Waals surface area contributed by atoms with E-state index in [0.29, 0.717) is 12.3 Å². The number of rotatable bonds is 4. The maximum absolute atomic E-state index is 12.5. The average molecular weight is 407 g/mol. The SMILES string of the molecule is COC(=O)CC1CCC2(CCc3cc(C(=O)C(C)(C)Br)ccc32)CC1. The van der Waals surface area contributed by atoms with Crippen molar-refractivity contribution in [2.45, 2.75) is 68.5 Å². The summed E-state index contributed by atoms with van der Waals surface area (Å²) in [5.41, 5.74) is 3.84. The van der Waals surface area contributed by atoms with Gasteiger partial charge in [0.05, 0.1) is 11.4 Å². The number of benzene rings is 1. The van der Waals surface area contributed by atoms with E-state index in [1.54, 1.807) is 0 Å². The number of hydrogen-bond donors (Lipinski definition) is 0. The minimum absolute atomic E-state index is 0.0895. The summed E-state index contributed by atoms with van der Waals surface area (Å²) >= 11 is 3.48. The lowest BCUT2D eigenvalue weighted by molar-refractivity contribution is -0.142. The molecular weight excluding hydrogens is 380 g/mol. The summed E-state index contributed by atoms with van der Waals surface area (Å²) in [5, 5.41) is 0. The third-order valence-electron chi connectivity index (χ3n) is 6.10. The zero-order valence-corrected chi connectivity index (χ0v) is 16.9. The van der Waals surface area contributed by atoms with E-state index in [2.05, 4.69) is 28.1 Å². The number of ether oxygens (including phenoxy) is 1. The number of ketones is 1. The molecule has 0 bridgehead atoms. The lowest BCUT2D eigenvalue weighted by atomic mass is 9.66. The molecule has 0 heterocycles. The first kappa shape index (κ1) is 18.6. The molecule has 0 saturated heterocycles. The molecule has 136 valence electrons. The summed E-state index contributed by atoms with van der Waals surface area (Å²) in [7, 11) is 1.47. The minimum atomic E-state index is -0.524. The molecule has 0 aromatic heterocycles. The van der Waals surface area contributed by atoms with E-state index < -0.39 is 4.32 Å². The number of methoxy groups -OCH3 is 1. The summed E-state index contributed by atoms with van der Waals surface area (Å²) < 4.78 is 4.29. The molecule has 2 aliphatic carbocycles. The van der Waals surface area contributed by atoms with Crippen LogP contribution in [0.5, 0.6) is 0 Å². The van der Waals surface area contributed by atoms with Crippen molar-refractivity contribution in [3.63, 3.8) is 0 Å². The Hall–Kier alpha value is -1.16. The van der Waals surface area contributed by atoms with Gasteiger partial charge in [-0.25, -0.2) is 0 Å². The van der Waals surface area contributed by atoms with Crippen LogP contribution in [-0.2, 0) is 21.4 Å². The Balaban J connectivity index is 1.75. The highest BCUT2D eigenvalue weighted by atomic mass is 79.9. The number of Topliss-reactive ketones (excluding diaryl/α,β-unsaturated/α-hetero) is 1. The second-order valence-corrected chi connectivity index (χ2v) is 10.2. The van der Waals surface area contributed by atoms with Gasteiger partial charge in [0.1, 0.15) is 0 Å². The van der Waals surface area contributed by atoms with Crippen molar-refractivity contribution in [1.82, 2.24) is 0 Å². The van der Waals surface area contributed by atoms with Crippen LogP contribution in [0.3, 0.4) is 0 Å². The number of carbonyl (C=O) groups excluding carboxylic acids is 2. The van der Waals surface area contributed by atoms with Gasteiger partial charge in [-0.05, 0) is 80.9 Å². The molecule has 1 saturated carbocycles. The Morgan fingerprint density at radius 1 is 1.24 bits per heavy atom. The molecule has 0 N–H and O–H groups in total. The zero-order valence-electron chi connectivity index (χ0n) is 15.4. The molecule has 0 unspecified atom stereocenters. The van der Waals surface area contributed by atoms with Crippen LogP contribution in [0, 0.1) is 5.92 Å². The third-order valence-corrected chi connectivity index (χ3v) is 6.46. The highest BCUT2D eigenvalue weighted by Crippen LogP contribution is 2.50. The van der Waals surface area contributed by atoms with Crippen LogP contribution < -0.4 is 0 Å². The quantitative estimate of drug-likeness (QED) is 0.402. The van der Waals surface area contributed by atoms with Crippen molar-refractivity contribution in [2.24, 2.45) is 5.92 Å². The largest absolute Gasteiger partial charge is 0.469 e. The fraction of sp³-hybridized carbons (Fsp3) is 0.619. The molecule has 4 heteroatoms. The molecule has 1 spiro atoms. The molecule has 1 fully saturated rings. The smallest absolute Gasteiger partial charge is 0.305 e. The van der Waals surface area contributed by atoms with Gasteiger partial charge < -0.3 is 4.74 Å². The Kier molecular flexibility index (Phi) is 5.11. The van der Waals surface area contributed by atoms with Gasteiger partial charge in [-0.1, -0.05) is 28.1 Å². The van der Waals surface area contributed by atoms with Crippen molar-refractivity contribution in [3.8, 4) is 0 Å². The monoisotopic (exact) mass is 406 g/mol. The predicted octanol–water partition coefficient (Wildman–Crippen LogP) is 4.98. The molecule has 0 atom stereocenters. The first-order chi connectivity index (χ1) is 11.7. The summed E-state index contributed by atoms with van der Waals surface area (Å²) in [6.07, 6.45) is 7.22. The van der Waals surface area contributed by atoms with Gasteiger partial charge in [-0.3, -0.25) is 9.59 Å². The molecular formula is C21H27BrO3. The highest BCUT2D eigenvalue weighted by Gasteiger charge is 2.42. The lowest BCUT2D eigenvalue weighted by Crippen LogP contribution is -2.30. The molecule has 25 heavy (non-hydrogen) atoms. The fourth-order valence-electron chi connectivity index (χ4n) is 4.58. The number of fused-ring (bicyclic) bond motifs is 2. The molecule has 0 radical (unpaired) electrons. The van der Waals surface area contributed by atoms with Crippen molar-refractivity contribution < 1.29 is 14.3 Å². The number of halogens is 1. The first-order valence-corrected chi connectivity index (χ1v) is 9.98. The second-order valence-electron chi connectivity index (χ2n) is 8.18. The van der Waals surface area contributed by atoms with Crippen LogP contribution in [0.15, 0.2) is 18.2 Å². The van der Waals surface area contributed by atoms with E-state index in [-0.39, 0.29) is 17.2 Å². The molecule has 1 aromatic rings. The van der Waals surface area contributed by atoms with Crippen molar-refractivity contribution >= 4 is 27.7 Å². The summed E-state index contributed by atoms with van der Waals surface area (Å²) in [6, 6.07) is 6.29. The molecule has 0 aliphatic heterocycles. The molecule has 3 rings (SSSR count). The van der Waals surface area contributed by atoms with Crippen LogP contribution in [0.25, 0.3) is 0 Å². The van der Waals surface area contributed by atoms with Gasteiger partial charge in [-0.2, -0.15) is 0 Å². The van der Waals surface area contributed by atoms with E-state index in [0.717, 1.165) is 37.7 Å². The van der Waals surface area contributed by atoms with Crippen LogP contribution >= 0.6 is 15.9 Å². The number of alkyl halides is 1. The van der Waals surface area contributed by atoms with Crippen molar-refractivity contribution in [2.75, 3.05) is 7.11 Å². The summed E-state index contributed by atoms with van der Waals surface area (Å²) in [5.74, 6) is 0.503. The van der Waals surface area contributed by atoms with Crippen molar-refractivity contribution in [3.05, 3.63) is 34.9 Å². The predicted molar refractivity (Wildman–Crippen MR) is 102 cm³/mol. The van der Waals surface area contributed by atoms with Crippen LogP contribution in [0.4, 0.5) is 0 Å². The van der Waals surface area contributed by atoms with E-state index in [1.165, 1.54) is 24.7 Å². The molecule has 3 nitrogen and oxygen atoms in total. The third kappa shape index (κ3) is 3.69. The Labute approximate surface area is 158 Å². The number of aryl methyl sites for hydroxylation is 1. The molecule has 1 aromatic carbocycles. The van der Waals surface area contributed by atoms with Gasteiger partial charge in [0.25, 0.3) is 0 Å². The van der Waals surface area contributed by atoms with Gasteiger partial charge in [0, 0.05) is 12.0 Å². The van der Waals surface area contributed by atoms with Gasteiger partial charge >= 0.3 is 5.97 Å². The number of esters is 1. The average Bonchev–Trinajstić information content (AvgIpc) is 2.93. The van der Waals surface area contributed by atoms with Crippen LogP contribution in [-0.4, -0.2) is 23.2 Å². The summed E-state index contributed by atoms with van der Waals surface area (Å²) in [6.45, 7) is 3.79. The standard InChI is InChI=1S/C21H27BrO3/c1-20(2,22)19(24)16-4-5-17-15(13-16)8-11-21(17)9-6-14(7-10-21)12-18(23)25-3/h4-5,13-14H,6-12H2,1-3H3.